The Hall–Kier alpha value is -1.58. The topological polar surface area (TPSA) is 41.5 Å². The first kappa shape index (κ1) is 13.8. The number of fused-ring (bicyclic) bond motifs is 1. The Kier molecular flexibility index (Phi) is 4.77. The van der Waals surface area contributed by atoms with E-state index in [1.807, 2.05) is 18.2 Å². The van der Waals surface area contributed by atoms with Crippen LogP contribution in [0.25, 0.3) is 10.8 Å². The van der Waals surface area contributed by atoms with E-state index in [1.165, 1.54) is 0 Å². The highest BCUT2D eigenvalue weighted by Gasteiger charge is 2.09. The van der Waals surface area contributed by atoms with E-state index in [-0.39, 0.29) is 12.6 Å². The van der Waals surface area contributed by atoms with E-state index in [1.54, 1.807) is 7.11 Å². The van der Waals surface area contributed by atoms with Gasteiger partial charge in [0.1, 0.15) is 5.75 Å². The van der Waals surface area contributed by atoms with E-state index in [4.69, 9.17) is 4.74 Å². The third-order valence-corrected chi connectivity index (χ3v) is 3.30. The second-order valence-electron chi connectivity index (χ2n) is 4.66. The smallest absolute Gasteiger partial charge is 0.119 e. The number of rotatable bonds is 6. The van der Waals surface area contributed by atoms with E-state index < -0.39 is 0 Å². The Morgan fingerprint density at radius 2 is 1.89 bits per heavy atom. The number of hydrogen-bond acceptors (Lipinski definition) is 3. The molecule has 0 heterocycles. The number of aliphatic hydroxyl groups excluding tert-OH is 1. The van der Waals surface area contributed by atoms with E-state index in [0.29, 0.717) is 0 Å². The number of methoxy groups -OCH3 is 1. The van der Waals surface area contributed by atoms with Gasteiger partial charge in [-0.15, -0.1) is 0 Å². The summed E-state index contributed by atoms with van der Waals surface area (Å²) >= 11 is 0. The van der Waals surface area contributed by atoms with Crippen molar-refractivity contribution in [1.29, 1.82) is 0 Å². The molecule has 0 saturated heterocycles. The molecule has 0 bridgehead atoms. The predicted molar refractivity (Wildman–Crippen MR) is 78.6 cm³/mol. The zero-order chi connectivity index (χ0) is 13.7. The highest BCUT2D eigenvalue weighted by Crippen LogP contribution is 2.24. The molecule has 0 saturated carbocycles. The summed E-state index contributed by atoms with van der Waals surface area (Å²) in [6, 6.07) is 12.3. The lowest BCUT2D eigenvalue weighted by Crippen LogP contribution is -2.24. The SMILES string of the molecule is CCCNC(CO)c1ccc2cc(OC)ccc2c1. The molecule has 2 N–H and O–H groups in total. The van der Waals surface area contributed by atoms with Crippen molar-refractivity contribution in [2.75, 3.05) is 20.3 Å². The summed E-state index contributed by atoms with van der Waals surface area (Å²) in [6.07, 6.45) is 1.06. The number of nitrogens with one attached hydrogen (secondary N) is 1. The van der Waals surface area contributed by atoms with E-state index in [2.05, 4.69) is 30.4 Å². The first-order valence-corrected chi connectivity index (χ1v) is 6.70. The third-order valence-electron chi connectivity index (χ3n) is 3.30. The first-order chi connectivity index (χ1) is 9.28. The molecule has 2 aromatic carbocycles. The molecular weight excluding hydrogens is 238 g/mol. The average Bonchev–Trinajstić information content (AvgIpc) is 2.47. The fraction of sp³-hybridized carbons (Fsp3) is 0.375. The lowest BCUT2D eigenvalue weighted by molar-refractivity contribution is 0.245. The quantitative estimate of drug-likeness (QED) is 0.838. The van der Waals surface area contributed by atoms with Gasteiger partial charge in [-0.3, -0.25) is 0 Å². The third kappa shape index (κ3) is 3.25. The van der Waals surface area contributed by atoms with Crippen LogP contribution < -0.4 is 10.1 Å². The minimum Gasteiger partial charge on any atom is -0.497 e. The van der Waals surface area contributed by atoms with Crippen LogP contribution in [0.15, 0.2) is 36.4 Å². The van der Waals surface area contributed by atoms with Gasteiger partial charge < -0.3 is 15.2 Å². The van der Waals surface area contributed by atoms with Gasteiger partial charge in [0, 0.05) is 0 Å². The van der Waals surface area contributed by atoms with Crippen molar-refractivity contribution in [3.8, 4) is 5.75 Å². The van der Waals surface area contributed by atoms with Gasteiger partial charge in [0.05, 0.1) is 19.8 Å². The Morgan fingerprint density at radius 3 is 2.58 bits per heavy atom. The molecule has 0 aliphatic rings. The summed E-state index contributed by atoms with van der Waals surface area (Å²) < 4.78 is 5.22. The van der Waals surface area contributed by atoms with Gasteiger partial charge in [0.15, 0.2) is 0 Å². The van der Waals surface area contributed by atoms with Crippen molar-refractivity contribution in [3.63, 3.8) is 0 Å². The molecule has 0 aliphatic heterocycles. The fourth-order valence-electron chi connectivity index (χ4n) is 2.19. The lowest BCUT2D eigenvalue weighted by Gasteiger charge is -2.17. The van der Waals surface area contributed by atoms with Gasteiger partial charge in [-0.2, -0.15) is 0 Å². The molecule has 0 radical (unpaired) electrons. The minimum absolute atomic E-state index is 0.00597. The van der Waals surface area contributed by atoms with Crippen LogP contribution in [0.3, 0.4) is 0 Å². The monoisotopic (exact) mass is 259 g/mol. The largest absolute Gasteiger partial charge is 0.497 e. The van der Waals surface area contributed by atoms with Crippen molar-refractivity contribution >= 4 is 10.8 Å². The summed E-state index contributed by atoms with van der Waals surface area (Å²) in [5.74, 6) is 0.864. The van der Waals surface area contributed by atoms with Crippen molar-refractivity contribution in [2.24, 2.45) is 0 Å². The van der Waals surface area contributed by atoms with Crippen LogP contribution >= 0.6 is 0 Å². The zero-order valence-electron chi connectivity index (χ0n) is 11.5. The number of benzene rings is 2. The van der Waals surface area contributed by atoms with Gasteiger partial charge in [-0.1, -0.05) is 25.1 Å². The second kappa shape index (κ2) is 6.55. The van der Waals surface area contributed by atoms with Crippen molar-refractivity contribution in [2.45, 2.75) is 19.4 Å². The molecule has 0 fully saturated rings. The van der Waals surface area contributed by atoms with E-state index in [9.17, 15) is 5.11 Å². The van der Waals surface area contributed by atoms with Gasteiger partial charge in [0.25, 0.3) is 0 Å². The Balaban J connectivity index is 2.29. The summed E-state index contributed by atoms with van der Waals surface area (Å²) in [5, 5.41) is 15.1. The fourth-order valence-corrected chi connectivity index (χ4v) is 2.19. The number of ether oxygens (including phenoxy) is 1. The molecule has 0 aliphatic carbocycles. The number of hydrogen-bond donors (Lipinski definition) is 2. The molecule has 1 unspecified atom stereocenters. The summed E-state index contributed by atoms with van der Waals surface area (Å²) in [6.45, 7) is 3.14. The molecule has 3 nitrogen and oxygen atoms in total. The van der Waals surface area contributed by atoms with E-state index in [0.717, 1.165) is 35.1 Å². The van der Waals surface area contributed by atoms with Crippen LogP contribution in [0.5, 0.6) is 5.75 Å². The molecule has 3 heteroatoms. The molecule has 19 heavy (non-hydrogen) atoms. The maximum Gasteiger partial charge on any atom is 0.119 e. The molecule has 102 valence electrons. The van der Waals surface area contributed by atoms with E-state index >= 15 is 0 Å². The molecule has 2 aromatic rings. The maximum absolute atomic E-state index is 9.48. The normalized spacial score (nSPS) is 12.6. The Bertz CT molecular complexity index is 539. The molecule has 0 aromatic heterocycles. The van der Waals surface area contributed by atoms with Crippen LogP contribution in [0.4, 0.5) is 0 Å². The predicted octanol–water partition coefficient (Wildman–Crippen LogP) is 2.88. The molecule has 2 rings (SSSR count). The first-order valence-electron chi connectivity index (χ1n) is 6.70. The van der Waals surface area contributed by atoms with Crippen molar-refractivity contribution < 1.29 is 9.84 Å². The van der Waals surface area contributed by atoms with Gasteiger partial charge >= 0.3 is 0 Å². The van der Waals surface area contributed by atoms with Crippen LogP contribution in [-0.4, -0.2) is 25.4 Å². The maximum atomic E-state index is 9.48. The number of aliphatic hydroxyl groups is 1. The molecule has 1 atom stereocenters. The molecule has 0 amide bonds. The van der Waals surface area contributed by atoms with Gasteiger partial charge in [-0.25, -0.2) is 0 Å². The highest BCUT2D eigenvalue weighted by molar-refractivity contribution is 5.84. The van der Waals surface area contributed by atoms with Crippen molar-refractivity contribution in [1.82, 2.24) is 5.32 Å². The second-order valence-corrected chi connectivity index (χ2v) is 4.66. The highest BCUT2D eigenvalue weighted by atomic mass is 16.5. The van der Waals surface area contributed by atoms with Crippen LogP contribution in [0.1, 0.15) is 24.9 Å². The molecular formula is C16H21NO2. The van der Waals surface area contributed by atoms with Crippen LogP contribution in [-0.2, 0) is 0 Å². The summed E-state index contributed by atoms with van der Waals surface area (Å²) in [4.78, 5) is 0. The summed E-state index contributed by atoms with van der Waals surface area (Å²) in [7, 11) is 1.67. The van der Waals surface area contributed by atoms with Crippen LogP contribution in [0.2, 0.25) is 0 Å². The average molecular weight is 259 g/mol. The zero-order valence-corrected chi connectivity index (χ0v) is 11.5. The van der Waals surface area contributed by atoms with Crippen molar-refractivity contribution in [3.05, 3.63) is 42.0 Å². The Labute approximate surface area is 114 Å². The van der Waals surface area contributed by atoms with Gasteiger partial charge in [0.2, 0.25) is 0 Å². The molecule has 0 spiro atoms. The van der Waals surface area contributed by atoms with Crippen LogP contribution in [0, 0.1) is 0 Å². The lowest BCUT2D eigenvalue weighted by atomic mass is 10.0. The summed E-state index contributed by atoms with van der Waals surface area (Å²) in [5.41, 5.74) is 1.12. The Morgan fingerprint density at radius 1 is 1.16 bits per heavy atom. The minimum atomic E-state index is 0.00597. The standard InChI is InChI=1S/C16H21NO2/c1-3-8-17-16(11-18)14-5-4-13-10-15(19-2)7-6-12(13)9-14/h4-7,9-10,16-18H,3,8,11H2,1-2H3. The van der Waals surface area contributed by atoms with Gasteiger partial charge in [-0.05, 0) is 47.5 Å².